The minimum atomic E-state index is -0.549. The van der Waals surface area contributed by atoms with Gasteiger partial charge in [-0.1, -0.05) is 20.8 Å². The number of rotatable bonds is 5. The number of nitro benzene ring substituents is 1. The summed E-state index contributed by atoms with van der Waals surface area (Å²) in [5.74, 6) is 0.144. The Morgan fingerprint density at radius 1 is 1.52 bits per heavy atom. The van der Waals surface area contributed by atoms with Crippen molar-refractivity contribution in [1.82, 2.24) is 4.90 Å². The summed E-state index contributed by atoms with van der Waals surface area (Å²) in [5, 5.41) is 23.5. The Morgan fingerprint density at radius 3 is 2.93 bits per heavy atom. The van der Waals surface area contributed by atoms with Crippen LogP contribution in [0.15, 0.2) is 18.2 Å². The van der Waals surface area contributed by atoms with E-state index < -0.39 is 10.5 Å². The zero-order chi connectivity index (χ0) is 22.1. The second-order valence-corrected chi connectivity index (χ2v) is 9.31. The topological polar surface area (TPSA) is 108 Å². The summed E-state index contributed by atoms with van der Waals surface area (Å²) >= 11 is 0. The van der Waals surface area contributed by atoms with Crippen LogP contribution < -0.4 is 5.32 Å². The summed E-state index contributed by atoms with van der Waals surface area (Å²) in [5.41, 5.74) is -0.595. The first-order valence-corrected chi connectivity index (χ1v) is 9.93. The molecule has 1 aliphatic heterocycles. The predicted octanol–water partition coefficient (Wildman–Crippen LogP) is 4.31. The highest BCUT2D eigenvalue weighted by Gasteiger charge is 2.48. The number of hydrogen-bond acceptors (Lipinski definition) is 6. The molecule has 1 saturated heterocycles. The molecule has 8 heteroatoms. The van der Waals surface area contributed by atoms with Crippen LogP contribution in [0.2, 0.25) is 0 Å². The zero-order valence-corrected chi connectivity index (χ0v) is 17.2. The monoisotopic (exact) mass is 401 g/mol. The molecule has 1 saturated carbocycles. The van der Waals surface area contributed by atoms with E-state index in [1.165, 1.54) is 12.1 Å². The molecule has 0 bridgehead atoms. The van der Waals surface area contributed by atoms with Crippen molar-refractivity contribution in [2.24, 2.45) is 11.3 Å². The van der Waals surface area contributed by atoms with Crippen molar-refractivity contribution in [3.63, 3.8) is 0 Å². The Hall–Kier alpha value is -2.82. The average molecular weight is 401 g/mol. The highest BCUT2D eigenvalue weighted by atomic mass is 16.6. The number of carbonyl (C=O) groups is 1. The molecular formula is C21H28N4O4. The SMILES string of the molecule is [2H]c1c(C#N)ccc([N+](=O)[O-])c1NC[C@H]1CCC[C@]2(C1)CN(CC(C)(C)C)C(=O)O2. The second-order valence-electron chi connectivity index (χ2n) is 9.31. The van der Waals surface area contributed by atoms with Crippen LogP contribution in [0.5, 0.6) is 0 Å². The minimum absolute atomic E-state index is 0.0185. The van der Waals surface area contributed by atoms with Gasteiger partial charge in [0, 0.05) is 19.2 Å². The third-order valence-corrected chi connectivity index (χ3v) is 5.42. The van der Waals surface area contributed by atoms with Gasteiger partial charge >= 0.3 is 6.09 Å². The van der Waals surface area contributed by atoms with Gasteiger partial charge in [0.25, 0.3) is 5.69 Å². The molecule has 1 amide bonds. The molecule has 1 aliphatic carbocycles. The second kappa shape index (κ2) is 7.90. The van der Waals surface area contributed by atoms with Gasteiger partial charge in [0.2, 0.25) is 0 Å². The zero-order valence-electron chi connectivity index (χ0n) is 18.2. The first-order chi connectivity index (χ1) is 14.0. The number of benzene rings is 1. The molecule has 1 spiro atoms. The van der Waals surface area contributed by atoms with E-state index in [1.54, 1.807) is 4.90 Å². The fourth-order valence-electron chi connectivity index (χ4n) is 4.33. The highest BCUT2D eigenvalue weighted by Crippen LogP contribution is 2.41. The van der Waals surface area contributed by atoms with Crippen LogP contribution in [0.3, 0.4) is 0 Å². The van der Waals surface area contributed by atoms with Crippen molar-refractivity contribution in [2.75, 3.05) is 25.0 Å². The van der Waals surface area contributed by atoms with Gasteiger partial charge < -0.3 is 15.0 Å². The molecule has 1 aromatic carbocycles. The Kier molecular flexibility index (Phi) is 5.31. The maximum atomic E-state index is 12.4. The lowest BCUT2D eigenvalue weighted by Crippen LogP contribution is -2.42. The first kappa shape index (κ1) is 19.5. The molecule has 2 atom stereocenters. The van der Waals surface area contributed by atoms with Crippen molar-refractivity contribution in [3.05, 3.63) is 33.9 Å². The van der Waals surface area contributed by atoms with E-state index in [0.717, 1.165) is 19.3 Å². The minimum Gasteiger partial charge on any atom is -0.441 e. The molecule has 0 unspecified atom stereocenters. The average Bonchev–Trinajstić information content (AvgIpc) is 2.92. The number of nitro groups is 1. The highest BCUT2D eigenvalue weighted by molar-refractivity contribution is 5.71. The number of nitriles is 1. The molecule has 1 aromatic rings. The van der Waals surface area contributed by atoms with Crippen molar-refractivity contribution in [2.45, 2.75) is 52.1 Å². The molecule has 8 nitrogen and oxygen atoms in total. The van der Waals surface area contributed by atoms with Crippen molar-refractivity contribution in [1.29, 1.82) is 5.26 Å². The maximum Gasteiger partial charge on any atom is 0.410 e. The molecule has 2 aliphatic rings. The predicted molar refractivity (Wildman–Crippen MR) is 108 cm³/mol. The van der Waals surface area contributed by atoms with Crippen LogP contribution in [0.25, 0.3) is 0 Å². The van der Waals surface area contributed by atoms with Crippen LogP contribution in [0.4, 0.5) is 16.2 Å². The number of ether oxygens (including phenoxy) is 1. The number of carbonyl (C=O) groups excluding carboxylic acids is 1. The van der Waals surface area contributed by atoms with Gasteiger partial charge in [-0.05, 0) is 49.1 Å². The molecule has 1 N–H and O–H groups in total. The van der Waals surface area contributed by atoms with Crippen LogP contribution in [0, 0.1) is 32.8 Å². The summed E-state index contributed by atoms with van der Waals surface area (Å²) in [6.45, 7) is 7.86. The third-order valence-electron chi connectivity index (χ3n) is 5.42. The number of anilines is 1. The molecular weight excluding hydrogens is 372 g/mol. The van der Waals surface area contributed by atoms with Crippen LogP contribution in [0.1, 0.15) is 53.4 Å². The van der Waals surface area contributed by atoms with Crippen molar-refractivity contribution in [3.8, 4) is 6.07 Å². The lowest BCUT2D eigenvalue weighted by molar-refractivity contribution is -0.384. The Morgan fingerprint density at radius 2 is 2.28 bits per heavy atom. The Bertz CT molecular complexity index is 892. The van der Waals surface area contributed by atoms with E-state index in [0.29, 0.717) is 26.1 Å². The summed E-state index contributed by atoms with van der Waals surface area (Å²) < 4.78 is 14.0. The largest absolute Gasteiger partial charge is 0.441 e. The van der Waals surface area contributed by atoms with E-state index in [4.69, 9.17) is 11.4 Å². The standard InChI is InChI=1S/C21H28N4O4/c1-20(2,3)13-24-14-21(29-19(24)26)8-4-5-16(10-21)12-23-17-9-15(11-22)6-7-18(17)25(27)28/h6-7,9,16,23H,4-5,8,10,12-14H2,1-3H3/t16-,21-/m0/s1/i9D. The maximum absolute atomic E-state index is 12.4. The van der Waals surface area contributed by atoms with Gasteiger partial charge in [-0.25, -0.2) is 4.79 Å². The Balaban J connectivity index is 1.71. The number of hydrogen-bond donors (Lipinski definition) is 1. The van der Waals surface area contributed by atoms with Crippen molar-refractivity contribution < 1.29 is 15.8 Å². The Labute approximate surface area is 172 Å². The van der Waals surface area contributed by atoms with Gasteiger partial charge in [0.1, 0.15) is 11.3 Å². The van der Waals surface area contributed by atoms with E-state index in [9.17, 15) is 14.9 Å². The lowest BCUT2D eigenvalue weighted by atomic mass is 9.77. The normalized spacial score (nSPS) is 24.8. The van der Waals surface area contributed by atoms with Crippen LogP contribution in [-0.4, -0.2) is 41.2 Å². The van der Waals surface area contributed by atoms with Gasteiger partial charge in [0.05, 0.1) is 24.5 Å². The summed E-state index contributed by atoms with van der Waals surface area (Å²) in [4.78, 5) is 25.0. The quantitative estimate of drug-likeness (QED) is 0.582. The summed E-state index contributed by atoms with van der Waals surface area (Å²) in [7, 11) is 0. The van der Waals surface area contributed by atoms with Crippen LogP contribution >= 0.6 is 0 Å². The van der Waals surface area contributed by atoms with E-state index in [1.807, 2.05) is 6.07 Å². The van der Waals surface area contributed by atoms with E-state index >= 15 is 0 Å². The number of amides is 1. The molecule has 29 heavy (non-hydrogen) atoms. The van der Waals surface area contributed by atoms with E-state index in [2.05, 4.69) is 26.1 Å². The fraction of sp³-hybridized carbons (Fsp3) is 0.619. The molecule has 3 rings (SSSR count). The van der Waals surface area contributed by atoms with Gasteiger partial charge in [-0.15, -0.1) is 0 Å². The van der Waals surface area contributed by atoms with E-state index in [-0.39, 0.29) is 40.4 Å². The van der Waals surface area contributed by atoms with Crippen molar-refractivity contribution >= 4 is 17.5 Å². The van der Waals surface area contributed by atoms with Gasteiger partial charge in [-0.2, -0.15) is 5.26 Å². The molecule has 1 heterocycles. The lowest BCUT2D eigenvalue weighted by Gasteiger charge is -2.36. The molecule has 156 valence electrons. The molecule has 0 aromatic heterocycles. The van der Waals surface area contributed by atoms with Gasteiger partial charge in [-0.3, -0.25) is 10.1 Å². The van der Waals surface area contributed by atoms with Gasteiger partial charge in [0.15, 0.2) is 0 Å². The smallest absolute Gasteiger partial charge is 0.410 e. The molecule has 0 radical (unpaired) electrons. The summed E-state index contributed by atoms with van der Waals surface area (Å²) in [6, 6.07) is 4.28. The number of nitrogens with one attached hydrogen (secondary N) is 1. The fourth-order valence-corrected chi connectivity index (χ4v) is 4.33. The summed E-state index contributed by atoms with van der Waals surface area (Å²) in [6.07, 6.45) is 3.01. The number of nitrogens with zero attached hydrogens (tertiary/aromatic N) is 3. The third kappa shape index (κ3) is 4.97. The first-order valence-electron chi connectivity index (χ1n) is 10.4. The molecule has 2 fully saturated rings. The van der Waals surface area contributed by atoms with Crippen LogP contribution in [-0.2, 0) is 4.74 Å².